The Kier molecular flexibility index (Phi) is 3.95. The highest BCUT2D eigenvalue weighted by molar-refractivity contribution is 8.39. The van der Waals surface area contributed by atoms with Crippen molar-refractivity contribution in [2.75, 3.05) is 11.5 Å². The zero-order valence-corrected chi connectivity index (χ0v) is 9.61. The van der Waals surface area contributed by atoms with Gasteiger partial charge in [-0.15, -0.1) is 0 Å². The molecule has 0 bridgehead atoms. The molecule has 1 nitrogen and oxygen atoms in total. The molecule has 0 aliphatic carbocycles. The first-order valence-corrected chi connectivity index (χ1v) is 6.76. The molecule has 1 saturated heterocycles. The van der Waals surface area contributed by atoms with Gasteiger partial charge in [0.25, 0.3) is 0 Å². The number of hydrogen-bond donors (Lipinski definition) is 0. The van der Waals surface area contributed by atoms with E-state index in [1.165, 1.54) is 27.9 Å². The first-order chi connectivity index (χ1) is 6.95. The Labute approximate surface area is 93.4 Å². The fraction of sp³-hybridized carbons (Fsp3) is 0.364. The molecule has 1 aliphatic heterocycles. The summed E-state index contributed by atoms with van der Waals surface area (Å²) in [6.45, 7) is 0.830. The average molecular weight is 223 g/mol. The molecule has 0 unspecified atom stereocenters. The molecule has 1 heterocycles. The lowest BCUT2D eigenvalue weighted by atomic mass is 10.2. The van der Waals surface area contributed by atoms with Crippen LogP contribution < -0.4 is 0 Å². The molecule has 0 N–H and O–H groups in total. The van der Waals surface area contributed by atoms with Gasteiger partial charge < -0.3 is 0 Å². The van der Waals surface area contributed by atoms with Crippen LogP contribution in [0, 0.1) is 0 Å². The summed E-state index contributed by atoms with van der Waals surface area (Å²) in [7, 11) is 0. The van der Waals surface area contributed by atoms with Crippen LogP contribution in [0.25, 0.3) is 0 Å². The first kappa shape index (κ1) is 10.1. The molecule has 1 fully saturated rings. The van der Waals surface area contributed by atoms with E-state index in [-0.39, 0.29) is 0 Å². The van der Waals surface area contributed by atoms with E-state index in [0.29, 0.717) is 0 Å². The third-order valence-electron chi connectivity index (χ3n) is 1.97. The maximum Gasteiger partial charge on any atom is 0.124 e. The number of rotatable bonds is 2. The van der Waals surface area contributed by atoms with Crippen LogP contribution in [0.1, 0.15) is 12.0 Å². The molecule has 3 heteroatoms. The van der Waals surface area contributed by atoms with Crippen molar-refractivity contribution >= 4 is 27.9 Å². The van der Waals surface area contributed by atoms with Gasteiger partial charge >= 0.3 is 0 Å². The molecule has 0 amide bonds. The average Bonchev–Trinajstić information content (AvgIpc) is 2.29. The van der Waals surface area contributed by atoms with Crippen LogP contribution in [-0.2, 0) is 6.54 Å². The monoisotopic (exact) mass is 223 g/mol. The van der Waals surface area contributed by atoms with Crippen molar-refractivity contribution in [3.63, 3.8) is 0 Å². The van der Waals surface area contributed by atoms with Crippen LogP contribution in [0.3, 0.4) is 0 Å². The second kappa shape index (κ2) is 5.47. The van der Waals surface area contributed by atoms with Crippen molar-refractivity contribution < 1.29 is 0 Å². The van der Waals surface area contributed by atoms with Gasteiger partial charge in [-0.25, -0.2) is 0 Å². The molecule has 74 valence electrons. The summed E-state index contributed by atoms with van der Waals surface area (Å²) in [4.78, 5) is 4.60. The van der Waals surface area contributed by atoms with E-state index in [9.17, 15) is 0 Å². The highest BCUT2D eigenvalue weighted by Crippen LogP contribution is 2.25. The maximum atomic E-state index is 4.60. The topological polar surface area (TPSA) is 12.4 Å². The highest BCUT2D eigenvalue weighted by Gasteiger charge is 2.06. The minimum atomic E-state index is 0.830. The minimum absolute atomic E-state index is 0.830. The molecule has 1 aromatic rings. The lowest BCUT2D eigenvalue weighted by molar-refractivity contribution is 1.08. The Hall–Kier alpha value is -0.410. The second-order valence-electron chi connectivity index (χ2n) is 3.12. The summed E-state index contributed by atoms with van der Waals surface area (Å²) in [5, 5.41) is 0. The van der Waals surface area contributed by atoms with E-state index >= 15 is 0 Å². The normalized spacial score (nSPS) is 16.7. The van der Waals surface area contributed by atoms with Crippen LogP contribution in [0.15, 0.2) is 35.3 Å². The van der Waals surface area contributed by atoms with Crippen molar-refractivity contribution in [1.82, 2.24) is 0 Å². The lowest BCUT2D eigenvalue weighted by Crippen LogP contribution is -2.00. The molecule has 0 saturated carbocycles. The largest absolute Gasteiger partial charge is 0.267 e. The number of thioether (sulfide) groups is 2. The second-order valence-corrected chi connectivity index (χ2v) is 5.54. The molecule has 1 aromatic carbocycles. The zero-order valence-electron chi connectivity index (χ0n) is 7.98. The third-order valence-corrected chi connectivity index (χ3v) is 4.42. The van der Waals surface area contributed by atoms with Gasteiger partial charge in [-0.3, -0.25) is 4.99 Å². The Morgan fingerprint density at radius 3 is 2.50 bits per heavy atom. The van der Waals surface area contributed by atoms with Crippen molar-refractivity contribution in [3.8, 4) is 0 Å². The van der Waals surface area contributed by atoms with Gasteiger partial charge in [0.15, 0.2) is 0 Å². The first-order valence-electron chi connectivity index (χ1n) is 4.79. The van der Waals surface area contributed by atoms with Crippen LogP contribution in [0.4, 0.5) is 0 Å². The van der Waals surface area contributed by atoms with Crippen molar-refractivity contribution in [2.45, 2.75) is 13.0 Å². The van der Waals surface area contributed by atoms with Crippen LogP contribution >= 0.6 is 23.5 Å². The van der Waals surface area contributed by atoms with Crippen molar-refractivity contribution in [1.29, 1.82) is 0 Å². The quantitative estimate of drug-likeness (QED) is 0.761. The fourth-order valence-electron chi connectivity index (χ4n) is 1.25. The van der Waals surface area contributed by atoms with E-state index in [1.807, 2.05) is 29.6 Å². The summed E-state index contributed by atoms with van der Waals surface area (Å²) >= 11 is 3.79. The van der Waals surface area contributed by atoms with Crippen LogP contribution in [0.5, 0.6) is 0 Å². The molecule has 0 aromatic heterocycles. The van der Waals surface area contributed by atoms with Crippen molar-refractivity contribution in [3.05, 3.63) is 35.9 Å². The Morgan fingerprint density at radius 2 is 1.79 bits per heavy atom. The third kappa shape index (κ3) is 3.07. The van der Waals surface area contributed by atoms with Gasteiger partial charge in [-0.2, -0.15) is 0 Å². The summed E-state index contributed by atoms with van der Waals surface area (Å²) in [6.07, 6.45) is 1.32. The van der Waals surface area contributed by atoms with E-state index in [0.717, 1.165) is 6.54 Å². The van der Waals surface area contributed by atoms with Gasteiger partial charge in [-0.05, 0) is 12.0 Å². The smallest absolute Gasteiger partial charge is 0.124 e. The zero-order chi connectivity index (χ0) is 9.64. The number of hydrogen-bond acceptors (Lipinski definition) is 3. The minimum Gasteiger partial charge on any atom is -0.267 e. The van der Waals surface area contributed by atoms with Gasteiger partial charge in [-0.1, -0.05) is 53.9 Å². The van der Waals surface area contributed by atoms with E-state index < -0.39 is 0 Å². The molecule has 0 atom stereocenters. The van der Waals surface area contributed by atoms with Gasteiger partial charge in [0.05, 0.1) is 6.54 Å². The molecule has 0 spiro atoms. The van der Waals surface area contributed by atoms with Gasteiger partial charge in [0, 0.05) is 11.5 Å². The van der Waals surface area contributed by atoms with Gasteiger partial charge in [0.2, 0.25) is 0 Å². The van der Waals surface area contributed by atoms with E-state index in [4.69, 9.17) is 0 Å². The van der Waals surface area contributed by atoms with Crippen LogP contribution in [0.2, 0.25) is 0 Å². The standard InChI is InChI=1S/C11H13NS2/c1-2-5-10(6-3-1)9-12-11-13-7-4-8-14-11/h1-3,5-6H,4,7-9H2. The summed E-state index contributed by atoms with van der Waals surface area (Å²) in [5.41, 5.74) is 1.30. The number of nitrogens with zero attached hydrogens (tertiary/aromatic N) is 1. The molecule has 2 rings (SSSR count). The predicted octanol–water partition coefficient (Wildman–Crippen LogP) is 3.41. The molecule has 14 heavy (non-hydrogen) atoms. The number of benzene rings is 1. The predicted molar refractivity (Wildman–Crippen MR) is 67.1 cm³/mol. The molecule has 0 radical (unpaired) electrons. The van der Waals surface area contributed by atoms with Gasteiger partial charge in [0.1, 0.15) is 4.38 Å². The molecule has 1 aliphatic rings. The van der Waals surface area contributed by atoms with E-state index in [2.05, 4.69) is 29.3 Å². The Morgan fingerprint density at radius 1 is 1.07 bits per heavy atom. The summed E-state index contributed by atoms with van der Waals surface area (Å²) < 4.78 is 1.26. The Bertz CT molecular complexity index is 300. The summed E-state index contributed by atoms with van der Waals surface area (Å²) in [6, 6.07) is 10.4. The van der Waals surface area contributed by atoms with E-state index in [1.54, 1.807) is 0 Å². The Balaban J connectivity index is 1.92. The van der Waals surface area contributed by atoms with Crippen molar-refractivity contribution in [2.24, 2.45) is 4.99 Å². The maximum absolute atomic E-state index is 4.60. The van der Waals surface area contributed by atoms with Crippen LogP contribution in [-0.4, -0.2) is 15.9 Å². The fourth-order valence-corrected chi connectivity index (χ4v) is 3.50. The molecular formula is C11H13NS2. The SMILES string of the molecule is c1ccc(CN=C2SCCCS2)cc1. The highest BCUT2D eigenvalue weighted by atomic mass is 32.2. The molecular weight excluding hydrogens is 210 g/mol. The summed E-state index contributed by atoms with van der Waals surface area (Å²) in [5.74, 6) is 2.47. The number of aliphatic imine (C=N–C) groups is 1. The lowest BCUT2D eigenvalue weighted by Gasteiger charge is -2.10.